The number of anilines is 1. The third-order valence-electron chi connectivity index (χ3n) is 3.49. The molecule has 2 aromatic heterocycles. The molecule has 0 amide bonds. The predicted molar refractivity (Wildman–Crippen MR) is 74.6 cm³/mol. The number of nitrogens with zero attached hydrogens (tertiary/aromatic N) is 3. The van der Waals surface area contributed by atoms with E-state index in [0.717, 1.165) is 29.1 Å². The summed E-state index contributed by atoms with van der Waals surface area (Å²) in [4.78, 5) is 15.7. The van der Waals surface area contributed by atoms with E-state index in [-0.39, 0.29) is 6.04 Å². The molecular formula is C14H13N5O. The number of rotatable bonds is 2. The minimum atomic E-state index is 0.182. The second kappa shape index (κ2) is 4.48. The molecule has 0 aliphatic carbocycles. The summed E-state index contributed by atoms with van der Waals surface area (Å²) in [6, 6.07) is 8.26. The van der Waals surface area contributed by atoms with Crippen LogP contribution >= 0.6 is 0 Å². The van der Waals surface area contributed by atoms with Crippen molar-refractivity contribution in [2.45, 2.75) is 12.5 Å². The number of imidazole rings is 1. The van der Waals surface area contributed by atoms with Gasteiger partial charge in [0.15, 0.2) is 11.5 Å². The fourth-order valence-corrected chi connectivity index (χ4v) is 2.53. The molecule has 4 rings (SSSR count). The number of aromatic nitrogens is 4. The highest BCUT2D eigenvalue weighted by molar-refractivity contribution is 5.82. The van der Waals surface area contributed by atoms with Gasteiger partial charge in [-0.15, -0.1) is 0 Å². The van der Waals surface area contributed by atoms with Gasteiger partial charge >= 0.3 is 0 Å². The maximum atomic E-state index is 5.67. The summed E-state index contributed by atoms with van der Waals surface area (Å²) in [7, 11) is 0. The van der Waals surface area contributed by atoms with E-state index in [1.807, 2.05) is 18.2 Å². The van der Waals surface area contributed by atoms with Crippen LogP contribution in [0, 0.1) is 0 Å². The van der Waals surface area contributed by atoms with Crippen molar-refractivity contribution in [3.63, 3.8) is 0 Å². The Bertz CT molecular complexity index is 754. The lowest BCUT2D eigenvalue weighted by Crippen LogP contribution is -2.20. The molecule has 100 valence electrons. The van der Waals surface area contributed by atoms with Crippen molar-refractivity contribution in [3.05, 3.63) is 42.5 Å². The van der Waals surface area contributed by atoms with Crippen molar-refractivity contribution in [2.24, 2.45) is 0 Å². The number of benzene rings is 1. The van der Waals surface area contributed by atoms with E-state index >= 15 is 0 Å². The topological polar surface area (TPSA) is 75.7 Å². The van der Waals surface area contributed by atoms with Crippen molar-refractivity contribution in [1.82, 2.24) is 19.9 Å². The van der Waals surface area contributed by atoms with Crippen LogP contribution in [0.25, 0.3) is 11.2 Å². The Morgan fingerprint density at radius 1 is 1.20 bits per heavy atom. The van der Waals surface area contributed by atoms with Gasteiger partial charge in [-0.25, -0.2) is 15.0 Å². The smallest absolute Gasteiger partial charge is 0.182 e. The maximum absolute atomic E-state index is 5.67. The molecule has 0 saturated heterocycles. The molecule has 3 aromatic rings. The third-order valence-corrected chi connectivity index (χ3v) is 3.49. The summed E-state index contributed by atoms with van der Waals surface area (Å²) in [6.07, 6.45) is 4.05. The quantitative estimate of drug-likeness (QED) is 0.745. The highest BCUT2D eigenvalue weighted by atomic mass is 16.5. The molecule has 6 nitrogen and oxygen atoms in total. The first-order valence-corrected chi connectivity index (χ1v) is 6.54. The van der Waals surface area contributed by atoms with Crippen LogP contribution in [0.15, 0.2) is 36.9 Å². The van der Waals surface area contributed by atoms with Gasteiger partial charge in [-0.2, -0.15) is 0 Å². The summed E-state index contributed by atoms with van der Waals surface area (Å²) in [5, 5.41) is 3.46. The second-order valence-corrected chi connectivity index (χ2v) is 4.70. The molecule has 20 heavy (non-hydrogen) atoms. The van der Waals surface area contributed by atoms with Gasteiger partial charge in [0.05, 0.1) is 19.0 Å². The number of fused-ring (bicyclic) bond motifs is 2. The molecule has 3 heterocycles. The minimum Gasteiger partial charge on any atom is -0.493 e. The number of hydrogen-bond acceptors (Lipinski definition) is 5. The van der Waals surface area contributed by atoms with Crippen molar-refractivity contribution in [1.29, 1.82) is 0 Å². The van der Waals surface area contributed by atoms with Crippen LogP contribution in [0.5, 0.6) is 5.75 Å². The maximum Gasteiger partial charge on any atom is 0.182 e. The van der Waals surface area contributed by atoms with E-state index in [0.29, 0.717) is 12.3 Å². The molecule has 6 heteroatoms. The van der Waals surface area contributed by atoms with Crippen LogP contribution in [0.2, 0.25) is 0 Å². The number of nitrogens with one attached hydrogen (secondary N) is 2. The molecule has 0 radical (unpaired) electrons. The summed E-state index contributed by atoms with van der Waals surface area (Å²) in [6.45, 7) is 0.700. The Morgan fingerprint density at radius 2 is 2.15 bits per heavy atom. The van der Waals surface area contributed by atoms with Crippen LogP contribution in [-0.2, 0) is 0 Å². The van der Waals surface area contributed by atoms with Gasteiger partial charge in [0.25, 0.3) is 0 Å². The Kier molecular flexibility index (Phi) is 2.51. The van der Waals surface area contributed by atoms with Crippen LogP contribution in [-0.4, -0.2) is 26.5 Å². The number of hydrogen-bond donors (Lipinski definition) is 2. The minimum absolute atomic E-state index is 0.182. The molecule has 2 N–H and O–H groups in total. The normalized spacial score (nSPS) is 17.5. The zero-order valence-corrected chi connectivity index (χ0v) is 10.7. The van der Waals surface area contributed by atoms with Gasteiger partial charge in [0.2, 0.25) is 0 Å². The number of aromatic amines is 1. The van der Waals surface area contributed by atoms with E-state index in [4.69, 9.17) is 4.74 Å². The van der Waals surface area contributed by atoms with Crippen LogP contribution < -0.4 is 10.1 Å². The van der Waals surface area contributed by atoms with Crippen molar-refractivity contribution < 1.29 is 4.74 Å². The van der Waals surface area contributed by atoms with Gasteiger partial charge < -0.3 is 15.0 Å². The lowest BCUT2D eigenvalue weighted by molar-refractivity contribution is 0.274. The lowest BCUT2D eigenvalue weighted by atomic mass is 10.0. The second-order valence-electron chi connectivity index (χ2n) is 4.70. The Balaban J connectivity index is 1.72. The first-order chi connectivity index (χ1) is 9.92. The number of ether oxygens (including phenoxy) is 1. The molecule has 1 unspecified atom stereocenters. The summed E-state index contributed by atoms with van der Waals surface area (Å²) < 4.78 is 5.67. The van der Waals surface area contributed by atoms with Gasteiger partial charge in [-0.05, 0) is 6.07 Å². The average molecular weight is 267 g/mol. The fraction of sp³-hybridized carbons (Fsp3) is 0.214. The van der Waals surface area contributed by atoms with E-state index in [1.54, 1.807) is 6.33 Å². The molecule has 1 aromatic carbocycles. The first-order valence-electron chi connectivity index (χ1n) is 6.54. The highest BCUT2D eigenvalue weighted by Gasteiger charge is 2.22. The van der Waals surface area contributed by atoms with Gasteiger partial charge in [0, 0.05) is 12.0 Å². The van der Waals surface area contributed by atoms with Crippen LogP contribution in [0.4, 0.5) is 5.82 Å². The standard InChI is InChI=1S/C14H13N5O/c1-2-4-11-9(3-1)10(5-6-20-11)19-14-12-13(16-7-15-12)17-8-18-14/h1-4,7-8,10H,5-6H2,(H2,15,16,17,18,19). The fourth-order valence-electron chi connectivity index (χ4n) is 2.53. The molecule has 1 aliphatic rings. The van der Waals surface area contributed by atoms with Crippen molar-refractivity contribution in [3.8, 4) is 5.75 Å². The SMILES string of the molecule is c1ccc2c(c1)OCCC2Nc1ncnc2nc[nH]c12. The lowest BCUT2D eigenvalue weighted by Gasteiger charge is -2.27. The predicted octanol–water partition coefficient (Wildman–Crippen LogP) is 2.29. The molecule has 0 spiro atoms. The Morgan fingerprint density at radius 3 is 3.15 bits per heavy atom. The highest BCUT2D eigenvalue weighted by Crippen LogP contribution is 2.34. The van der Waals surface area contributed by atoms with Crippen molar-refractivity contribution in [2.75, 3.05) is 11.9 Å². The Hall–Kier alpha value is -2.63. The first kappa shape index (κ1) is 11.2. The molecule has 1 aliphatic heterocycles. The van der Waals surface area contributed by atoms with Gasteiger partial charge in [-0.3, -0.25) is 0 Å². The van der Waals surface area contributed by atoms with E-state index < -0.39 is 0 Å². The molecule has 0 bridgehead atoms. The summed E-state index contributed by atoms with van der Waals surface area (Å²) in [5.41, 5.74) is 2.66. The van der Waals surface area contributed by atoms with E-state index in [9.17, 15) is 0 Å². The summed E-state index contributed by atoms with van der Waals surface area (Å²) in [5.74, 6) is 1.71. The molecule has 1 atom stereocenters. The largest absolute Gasteiger partial charge is 0.493 e. The van der Waals surface area contributed by atoms with E-state index in [1.165, 1.54) is 6.33 Å². The van der Waals surface area contributed by atoms with E-state index in [2.05, 4.69) is 31.3 Å². The van der Waals surface area contributed by atoms with Crippen LogP contribution in [0.1, 0.15) is 18.0 Å². The monoisotopic (exact) mass is 267 g/mol. The average Bonchev–Trinajstić information content (AvgIpc) is 2.97. The zero-order valence-electron chi connectivity index (χ0n) is 10.7. The molecule has 0 fully saturated rings. The summed E-state index contributed by atoms with van der Waals surface area (Å²) >= 11 is 0. The molecule has 0 saturated carbocycles. The number of H-pyrrole nitrogens is 1. The third kappa shape index (κ3) is 1.77. The van der Waals surface area contributed by atoms with Gasteiger partial charge in [0.1, 0.15) is 17.6 Å². The van der Waals surface area contributed by atoms with Crippen LogP contribution in [0.3, 0.4) is 0 Å². The zero-order chi connectivity index (χ0) is 13.4. The van der Waals surface area contributed by atoms with Crippen molar-refractivity contribution >= 4 is 17.0 Å². The Labute approximate surface area is 115 Å². The number of para-hydroxylation sites is 1. The van der Waals surface area contributed by atoms with Gasteiger partial charge in [-0.1, -0.05) is 18.2 Å². The molecular weight excluding hydrogens is 254 g/mol.